The number of piperidine rings is 1. The van der Waals surface area contributed by atoms with Crippen LogP contribution in [0.25, 0.3) is 0 Å². The molecule has 1 saturated heterocycles. The van der Waals surface area contributed by atoms with E-state index in [0.717, 1.165) is 18.7 Å². The fraction of sp³-hybridized carbons (Fsp3) is 0.562. The number of amides is 2. The Bertz CT molecular complexity index is 525. The summed E-state index contributed by atoms with van der Waals surface area (Å²) in [5.74, 6) is 0.743. The van der Waals surface area contributed by atoms with Crippen molar-refractivity contribution in [2.24, 2.45) is 0 Å². The summed E-state index contributed by atoms with van der Waals surface area (Å²) in [6, 6.07) is 3.96. The Labute approximate surface area is 136 Å². The first-order valence-corrected chi connectivity index (χ1v) is 8.06. The third-order valence-corrected chi connectivity index (χ3v) is 3.74. The average Bonchev–Trinajstić information content (AvgIpc) is 2.57. The average molecular weight is 320 g/mol. The molecule has 0 saturated carbocycles. The summed E-state index contributed by atoms with van der Waals surface area (Å²) >= 11 is 0. The molecule has 7 heteroatoms. The topological polar surface area (TPSA) is 83.6 Å². The van der Waals surface area contributed by atoms with Crippen molar-refractivity contribution in [3.63, 3.8) is 0 Å². The molecule has 0 aromatic carbocycles. The lowest BCUT2D eigenvalue weighted by atomic mass is 10.1. The summed E-state index contributed by atoms with van der Waals surface area (Å²) in [7, 11) is 0. The van der Waals surface area contributed by atoms with E-state index >= 15 is 0 Å². The van der Waals surface area contributed by atoms with Crippen molar-refractivity contribution in [3.8, 4) is 0 Å². The van der Waals surface area contributed by atoms with Crippen LogP contribution in [-0.2, 0) is 9.53 Å². The second-order valence-electron chi connectivity index (χ2n) is 5.44. The van der Waals surface area contributed by atoms with Gasteiger partial charge >= 0.3 is 6.09 Å². The monoisotopic (exact) mass is 320 g/mol. The van der Waals surface area contributed by atoms with E-state index in [1.165, 1.54) is 0 Å². The maximum absolute atomic E-state index is 11.6. The van der Waals surface area contributed by atoms with Gasteiger partial charge in [-0.05, 0) is 31.9 Å². The maximum atomic E-state index is 11.6. The largest absolute Gasteiger partial charge is 0.450 e. The predicted octanol–water partition coefficient (Wildman–Crippen LogP) is 2.46. The molecule has 0 atom stereocenters. The van der Waals surface area contributed by atoms with Crippen LogP contribution in [0.4, 0.5) is 16.3 Å². The van der Waals surface area contributed by atoms with Gasteiger partial charge in [0.15, 0.2) is 0 Å². The lowest BCUT2D eigenvalue weighted by Crippen LogP contribution is -2.42. The number of likely N-dealkylation sites (tertiary alicyclic amines) is 1. The molecule has 7 nitrogen and oxygen atoms in total. The van der Waals surface area contributed by atoms with Crippen LogP contribution in [0.15, 0.2) is 18.3 Å². The molecular formula is C16H24N4O3. The first-order chi connectivity index (χ1) is 11.1. The van der Waals surface area contributed by atoms with Gasteiger partial charge in [0.25, 0.3) is 0 Å². The van der Waals surface area contributed by atoms with Crippen LogP contribution in [0.2, 0.25) is 0 Å². The second-order valence-corrected chi connectivity index (χ2v) is 5.44. The highest BCUT2D eigenvalue weighted by Crippen LogP contribution is 2.17. The van der Waals surface area contributed by atoms with E-state index in [0.29, 0.717) is 31.8 Å². The molecule has 126 valence electrons. The van der Waals surface area contributed by atoms with E-state index in [1.807, 2.05) is 19.1 Å². The number of aromatic nitrogens is 1. The van der Waals surface area contributed by atoms with Crippen molar-refractivity contribution in [2.45, 2.75) is 39.2 Å². The summed E-state index contributed by atoms with van der Waals surface area (Å²) in [4.78, 5) is 29.0. The Morgan fingerprint density at radius 3 is 2.61 bits per heavy atom. The fourth-order valence-corrected chi connectivity index (χ4v) is 2.43. The van der Waals surface area contributed by atoms with Crippen LogP contribution < -0.4 is 10.6 Å². The Morgan fingerprint density at radius 2 is 2.04 bits per heavy atom. The first kappa shape index (κ1) is 17.1. The van der Waals surface area contributed by atoms with Gasteiger partial charge in [0.2, 0.25) is 5.91 Å². The van der Waals surface area contributed by atoms with Crippen molar-refractivity contribution in [1.29, 1.82) is 0 Å². The number of carbonyl (C=O) groups excluding carboxylic acids is 2. The standard InChI is InChI=1S/C16H24N4O3/c1-3-15(21)19-13-5-6-14(17-11-13)18-12-7-9-20(10-8-12)16(22)23-4-2/h5-6,11-12H,3-4,7-10H2,1-2H3,(H,17,18)(H,19,21). The van der Waals surface area contributed by atoms with Gasteiger partial charge in [0, 0.05) is 25.6 Å². The number of carbonyl (C=O) groups is 2. The number of rotatable bonds is 5. The molecule has 2 heterocycles. The molecule has 2 amide bonds. The Hall–Kier alpha value is -2.31. The number of anilines is 2. The predicted molar refractivity (Wildman–Crippen MR) is 88.4 cm³/mol. The van der Waals surface area contributed by atoms with Crippen molar-refractivity contribution in [2.75, 3.05) is 30.3 Å². The highest BCUT2D eigenvalue weighted by Gasteiger charge is 2.23. The molecular weight excluding hydrogens is 296 g/mol. The number of nitrogens with one attached hydrogen (secondary N) is 2. The zero-order valence-corrected chi connectivity index (χ0v) is 13.7. The van der Waals surface area contributed by atoms with Gasteiger partial charge in [-0.2, -0.15) is 0 Å². The van der Waals surface area contributed by atoms with Gasteiger partial charge < -0.3 is 20.3 Å². The molecule has 0 spiro atoms. The number of ether oxygens (including phenoxy) is 1. The van der Waals surface area contributed by atoms with Gasteiger partial charge in [0.1, 0.15) is 5.82 Å². The van der Waals surface area contributed by atoms with Gasteiger partial charge in [-0.1, -0.05) is 6.92 Å². The molecule has 1 aliphatic heterocycles. The molecule has 1 aromatic rings. The summed E-state index contributed by atoms with van der Waals surface area (Å²) in [6.07, 6.45) is 3.56. The molecule has 1 fully saturated rings. The van der Waals surface area contributed by atoms with Gasteiger partial charge in [0.05, 0.1) is 18.5 Å². The Balaban J connectivity index is 1.80. The van der Waals surface area contributed by atoms with Gasteiger partial charge in [-0.25, -0.2) is 9.78 Å². The molecule has 0 unspecified atom stereocenters. The molecule has 0 bridgehead atoms. The zero-order chi connectivity index (χ0) is 16.7. The Morgan fingerprint density at radius 1 is 1.30 bits per heavy atom. The molecule has 1 aliphatic rings. The van der Waals surface area contributed by atoms with Crippen LogP contribution in [0, 0.1) is 0 Å². The minimum absolute atomic E-state index is 0.0288. The molecule has 0 radical (unpaired) electrons. The summed E-state index contributed by atoms with van der Waals surface area (Å²) in [5.41, 5.74) is 0.694. The van der Waals surface area contributed by atoms with Crippen molar-refractivity contribution in [1.82, 2.24) is 9.88 Å². The summed E-state index contributed by atoms with van der Waals surface area (Å²) in [5, 5.41) is 6.13. The Kier molecular flexibility index (Phi) is 6.19. The number of nitrogens with zero attached hydrogens (tertiary/aromatic N) is 2. The summed E-state index contributed by atoms with van der Waals surface area (Å²) < 4.78 is 5.01. The van der Waals surface area contributed by atoms with E-state index in [9.17, 15) is 9.59 Å². The number of hydrogen-bond acceptors (Lipinski definition) is 5. The number of hydrogen-bond donors (Lipinski definition) is 2. The summed E-state index contributed by atoms with van der Waals surface area (Å²) in [6.45, 7) is 5.38. The minimum Gasteiger partial charge on any atom is -0.450 e. The molecule has 2 N–H and O–H groups in total. The van der Waals surface area contributed by atoms with E-state index in [1.54, 1.807) is 18.0 Å². The highest BCUT2D eigenvalue weighted by atomic mass is 16.6. The smallest absolute Gasteiger partial charge is 0.409 e. The molecule has 0 aliphatic carbocycles. The minimum atomic E-state index is -0.236. The normalized spacial score (nSPS) is 15.1. The van der Waals surface area contributed by atoms with Gasteiger partial charge in [-0.3, -0.25) is 4.79 Å². The van der Waals surface area contributed by atoms with Crippen LogP contribution in [-0.4, -0.2) is 47.6 Å². The van der Waals surface area contributed by atoms with Crippen molar-refractivity contribution < 1.29 is 14.3 Å². The quantitative estimate of drug-likeness (QED) is 0.870. The van der Waals surface area contributed by atoms with Crippen molar-refractivity contribution >= 4 is 23.5 Å². The van der Waals surface area contributed by atoms with E-state index < -0.39 is 0 Å². The van der Waals surface area contributed by atoms with Gasteiger partial charge in [-0.15, -0.1) is 0 Å². The maximum Gasteiger partial charge on any atom is 0.409 e. The lowest BCUT2D eigenvalue weighted by Gasteiger charge is -2.31. The lowest BCUT2D eigenvalue weighted by molar-refractivity contribution is -0.115. The van der Waals surface area contributed by atoms with E-state index in [4.69, 9.17) is 4.74 Å². The first-order valence-electron chi connectivity index (χ1n) is 8.06. The molecule has 2 rings (SSSR count). The second kappa shape index (κ2) is 8.36. The third kappa shape index (κ3) is 5.12. The molecule has 23 heavy (non-hydrogen) atoms. The molecule has 1 aromatic heterocycles. The zero-order valence-electron chi connectivity index (χ0n) is 13.7. The third-order valence-electron chi connectivity index (χ3n) is 3.74. The van der Waals surface area contributed by atoms with Crippen LogP contribution in [0.1, 0.15) is 33.1 Å². The number of pyridine rings is 1. The SMILES string of the molecule is CCOC(=O)N1CCC(Nc2ccc(NC(=O)CC)cn2)CC1. The van der Waals surface area contributed by atoms with Crippen LogP contribution >= 0.6 is 0 Å². The van der Waals surface area contributed by atoms with Crippen LogP contribution in [0.3, 0.4) is 0 Å². The van der Waals surface area contributed by atoms with Crippen LogP contribution in [0.5, 0.6) is 0 Å². The highest BCUT2D eigenvalue weighted by molar-refractivity contribution is 5.90. The van der Waals surface area contributed by atoms with Crippen molar-refractivity contribution in [3.05, 3.63) is 18.3 Å². The van der Waals surface area contributed by atoms with E-state index in [2.05, 4.69) is 15.6 Å². The fourth-order valence-electron chi connectivity index (χ4n) is 2.43. The van der Waals surface area contributed by atoms with E-state index in [-0.39, 0.29) is 18.0 Å².